The van der Waals surface area contributed by atoms with Gasteiger partial charge in [-0.15, -0.1) is 21.5 Å². The van der Waals surface area contributed by atoms with Crippen molar-refractivity contribution in [1.82, 2.24) is 25.1 Å². The van der Waals surface area contributed by atoms with Crippen LogP contribution in [-0.2, 0) is 18.5 Å². The second kappa shape index (κ2) is 10.1. The number of aryl methyl sites for hydroxylation is 1. The minimum absolute atomic E-state index is 0.185. The number of hydrogen-bond donors (Lipinski definition) is 1. The Morgan fingerprint density at radius 3 is 2.51 bits per heavy atom. The van der Waals surface area contributed by atoms with Gasteiger partial charge in [0, 0.05) is 34.8 Å². The summed E-state index contributed by atoms with van der Waals surface area (Å²) < 4.78 is 11.5. The van der Waals surface area contributed by atoms with E-state index in [0.717, 1.165) is 15.4 Å². The molecule has 0 fully saturated rings. The van der Waals surface area contributed by atoms with Crippen LogP contribution >= 0.6 is 11.3 Å². The predicted octanol–water partition coefficient (Wildman–Crippen LogP) is 4.85. The van der Waals surface area contributed by atoms with Crippen LogP contribution < -0.4 is 5.73 Å². The fourth-order valence-electron chi connectivity index (χ4n) is 4.00. The molecule has 3 aromatic heterocycles. The summed E-state index contributed by atoms with van der Waals surface area (Å²) in [6.45, 7) is 4.23. The fourth-order valence-corrected chi connectivity index (χ4v) is 4.84. The van der Waals surface area contributed by atoms with Gasteiger partial charge in [0.2, 0.25) is 17.7 Å². The van der Waals surface area contributed by atoms with Crippen molar-refractivity contribution >= 4 is 17.2 Å². The van der Waals surface area contributed by atoms with Crippen molar-refractivity contribution in [3.63, 3.8) is 0 Å². The van der Waals surface area contributed by atoms with Crippen molar-refractivity contribution in [2.24, 2.45) is 5.73 Å². The smallest absolute Gasteiger partial charge is 0.254 e. The summed E-state index contributed by atoms with van der Waals surface area (Å²) in [5, 5.41) is 9.35. The number of hydrogen-bond acceptors (Lipinski definition) is 9. The molecule has 0 spiro atoms. The molecule has 2 N–H and O–H groups in total. The first kappa shape index (κ1) is 24.5. The van der Waals surface area contributed by atoms with Crippen molar-refractivity contribution in [3.8, 4) is 22.9 Å². The predicted molar refractivity (Wildman–Crippen MR) is 140 cm³/mol. The van der Waals surface area contributed by atoms with E-state index >= 15 is 0 Å². The summed E-state index contributed by atoms with van der Waals surface area (Å²) in [6.07, 6.45) is 5.36. The average molecular weight is 515 g/mol. The summed E-state index contributed by atoms with van der Waals surface area (Å²) >= 11 is 1.56. The molecule has 0 saturated carbocycles. The van der Waals surface area contributed by atoms with Crippen LogP contribution in [0.5, 0.6) is 0 Å². The Balaban J connectivity index is 1.47. The lowest BCUT2D eigenvalue weighted by Crippen LogP contribution is -2.35. The Labute approximate surface area is 218 Å². The highest BCUT2D eigenvalue weighted by molar-refractivity contribution is 7.11. The minimum Gasteiger partial charge on any atom is -0.445 e. The zero-order valence-corrected chi connectivity index (χ0v) is 21.5. The number of thiazole rings is 1. The van der Waals surface area contributed by atoms with E-state index < -0.39 is 5.54 Å². The molecule has 10 heteroatoms. The molecule has 0 bridgehead atoms. The number of rotatable bonds is 8. The Morgan fingerprint density at radius 1 is 1.08 bits per heavy atom. The van der Waals surface area contributed by atoms with Gasteiger partial charge in [0.05, 0.1) is 18.3 Å². The number of nitrogens with two attached hydrogens (primary N) is 1. The largest absolute Gasteiger partial charge is 0.445 e. The van der Waals surface area contributed by atoms with Crippen molar-refractivity contribution in [2.75, 3.05) is 7.05 Å². The quantitative estimate of drug-likeness (QED) is 0.312. The number of aromatic nitrogens is 4. The molecule has 1 amide bonds. The van der Waals surface area contributed by atoms with E-state index in [0.29, 0.717) is 41.4 Å². The standard InChI is InChI=1S/C27H26N6O3S/c1-17-15-30-22(37-17)16-33(3)25(34)21-12-19(23-29-9-10-35-23)11-20(13-21)24-31-32-26(36-24)27(2,28)14-18-7-5-4-6-8-18/h4-13,15H,14,16,28H2,1-3H3. The number of amides is 1. The highest BCUT2D eigenvalue weighted by Crippen LogP contribution is 2.30. The second-order valence-electron chi connectivity index (χ2n) is 9.15. The van der Waals surface area contributed by atoms with Crippen LogP contribution in [0.2, 0.25) is 0 Å². The van der Waals surface area contributed by atoms with Crippen LogP contribution in [-0.4, -0.2) is 38.0 Å². The van der Waals surface area contributed by atoms with Crippen LogP contribution in [0.1, 0.15) is 38.6 Å². The highest BCUT2D eigenvalue weighted by atomic mass is 32.1. The Bertz CT molecular complexity index is 1510. The number of oxazole rings is 1. The molecule has 37 heavy (non-hydrogen) atoms. The van der Waals surface area contributed by atoms with Crippen molar-refractivity contribution < 1.29 is 13.6 Å². The molecule has 1 atom stereocenters. The molecule has 0 aliphatic rings. The van der Waals surface area contributed by atoms with Gasteiger partial charge in [-0.2, -0.15) is 0 Å². The maximum Gasteiger partial charge on any atom is 0.254 e. The Morgan fingerprint density at radius 2 is 1.84 bits per heavy atom. The van der Waals surface area contributed by atoms with E-state index in [1.54, 1.807) is 53.9 Å². The average Bonchev–Trinajstić information content (AvgIpc) is 3.66. The lowest BCUT2D eigenvalue weighted by molar-refractivity contribution is 0.0785. The molecule has 0 radical (unpaired) electrons. The second-order valence-corrected chi connectivity index (χ2v) is 10.5. The summed E-state index contributed by atoms with van der Waals surface area (Å²) in [6, 6.07) is 15.1. The normalized spacial score (nSPS) is 12.9. The van der Waals surface area contributed by atoms with Gasteiger partial charge in [0.25, 0.3) is 5.91 Å². The molecule has 0 aliphatic heterocycles. The van der Waals surface area contributed by atoms with E-state index in [2.05, 4.69) is 20.2 Å². The van der Waals surface area contributed by atoms with Crippen LogP contribution in [0.15, 0.2) is 76.0 Å². The summed E-state index contributed by atoms with van der Waals surface area (Å²) in [4.78, 5) is 24.7. The van der Waals surface area contributed by atoms with Gasteiger partial charge in [0.1, 0.15) is 11.3 Å². The number of carbonyl (C=O) groups excluding carboxylic acids is 1. The molecule has 5 rings (SSSR count). The molecular weight excluding hydrogens is 488 g/mol. The molecule has 0 aliphatic carbocycles. The van der Waals surface area contributed by atoms with E-state index in [1.807, 2.05) is 44.2 Å². The van der Waals surface area contributed by atoms with Gasteiger partial charge in [-0.25, -0.2) is 9.97 Å². The molecule has 3 heterocycles. The van der Waals surface area contributed by atoms with Crippen LogP contribution in [0.3, 0.4) is 0 Å². The van der Waals surface area contributed by atoms with Crippen LogP contribution in [0.4, 0.5) is 0 Å². The van der Waals surface area contributed by atoms with E-state index in [4.69, 9.17) is 14.6 Å². The van der Waals surface area contributed by atoms with Crippen molar-refractivity contribution in [1.29, 1.82) is 0 Å². The molecule has 0 saturated heterocycles. The van der Waals surface area contributed by atoms with Gasteiger partial charge in [-0.3, -0.25) is 4.79 Å². The zero-order valence-electron chi connectivity index (χ0n) is 20.7. The molecule has 2 aromatic carbocycles. The van der Waals surface area contributed by atoms with Crippen molar-refractivity contribution in [2.45, 2.75) is 32.4 Å². The topological polar surface area (TPSA) is 124 Å². The lowest BCUT2D eigenvalue weighted by atomic mass is 9.94. The number of benzene rings is 2. The summed E-state index contributed by atoms with van der Waals surface area (Å²) in [5.74, 6) is 0.744. The van der Waals surface area contributed by atoms with Crippen LogP contribution in [0, 0.1) is 6.92 Å². The van der Waals surface area contributed by atoms with E-state index in [9.17, 15) is 4.79 Å². The first-order chi connectivity index (χ1) is 17.8. The van der Waals surface area contributed by atoms with E-state index in [-0.39, 0.29) is 11.8 Å². The van der Waals surface area contributed by atoms with Gasteiger partial charge in [0.15, 0.2) is 0 Å². The fraction of sp³-hybridized carbons (Fsp3) is 0.222. The third-order valence-electron chi connectivity index (χ3n) is 5.82. The number of nitrogens with zero attached hydrogens (tertiary/aromatic N) is 5. The lowest BCUT2D eigenvalue weighted by Gasteiger charge is -2.20. The maximum atomic E-state index is 13.4. The van der Waals surface area contributed by atoms with Gasteiger partial charge in [-0.1, -0.05) is 30.3 Å². The minimum atomic E-state index is -0.877. The van der Waals surface area contributed by atoms with E-state index in [1.165, 1.54) is 6.26 Å². The Kier molecular flexibility index (Phi) is 6.68. The molecule has 188 valence electrons. The van der Waals surface area contributed by atoms with Gasteiger partial charge in [-0.05, 0) is 44.0 Å². The third kappa shape index (κ3) is 5.50. The Hall–Kier alpha value is -4.15. The van der Waals surface area contributed by atoms with Crippen molar-refractivity contribution in [3.05, 3.63) is 94.1 Å². The summed E-state index contributed by atoms with van der Waals surface area (Å²) in [7, 11) is 1.74. The molecule has 1 unspecified atom stereocenters. The monoisotopic (exact) mass is 514 g/mol. The highest BCUT2D eigenvalue weighted by Gasteiger charge is 2.29. The van der Waals surface area contributed by atoms with Gasteiger partial charge < -0.3 is 19.5 Å². The summed E-state index contributed by atoms with van der Waals surface area (Å²) in [5.41, 5.74) is 8.36. The molecular formula is C27H26N6O3S. The molecule has 5 aromatic rings. The zero-order chi connectivity index (χ0) is 26.0. The maximum absolute atomic E-state index is 13.4. The number of carbonyl (C=O) groups is 1. The molecule has 9 nitrogen and oxygen atoms in total. The first-order valence-electron chi connectivity index (χ1n) is 11.7. The SMILES string of the molecule is Cc1cnc(CN(C)C(=O)c2cc(-c3ncco3)cc(-c3nnc(C(C)(N)Cc4ccccc4)o3)c2)s1. The van der Waals surface area contributed by atoms with Gasteiger partial charge >= 0.3 is 0 Å². The van der Waals surface area contributed by atoms with Crippen LogP contribution in [0.25, 0.3) is 22.9 Å². The first-order valence-corrected chi connectivity index (χ1v) is 12.5. The third-order valence-corrected chi connectivity index (χ3v) is 6.72.